The summed E-state index contributed by atoms with van der Waals surface area (Å²) in [6, 6.07) is 0.660. The minimum absolute atomic E-state index is 0.127. The van der Waals surface area contributed by atoms with Crippen LogP contribution in [0.5, 0.6) is 0 Å². The highest BCUT2D eigenvalue weighted by molar-refractivity contribution is 8.01. The van der Waals surface area contributed by atoms with Crippen molar-refractivity contribution in [3.05, 3.63) is 11.1 Å². The van der Waals surface area contributed by atoms with Crippen LogP contribution in [0.25, 0.3) is 0 Å². The van der Waals surface area contributed by atoms with E-state index in [1.165, 1.54) is 24.6 Å². The first-order chi connectivity index (χ1) is 11.2. The van der Waals surface area contributed by atoms with Gasteiger partial charge in [-0.2, -0.15) is 0 Å². The number of nitrogens with one attached hydrogen (secondary N) is 1. The lowest BCUT2D eigenvalue weighted by atomic mass is 9.70. The quantitative estimate of drug-likeness (QED) is 0.820. The van der Waals surface area contributed by atoms with Gasteiger partial charge in [-0.1, -0.05) is 11.8 Å². The standard InChI is InChI=1S/C16H23N3O2S2/c1-10-8-22-16(17-10)23-9-12(20)18-13-11-4-7-21-15(11)14(13)19-5-2-3-6-19/h8,11,13-15H,2-7,9H2,1H3,(H,18,20)/t11-,13+,14-,15-/m0/s1. The Morgan fingerprint density at radius 2 is 2.35 bits per heavy atom. The van der Waals surface area contributed by atoms with Gasteiger partial charge in [0, 0.05) is 23.6 Å². The molecule has 4 rings (SSSR count). The molecular weight excluding hydrogens is 330 g/mol. The second-order valence-electron chi connectivity index (χ2n) is 6.66. The predicted molar refractivity (Wildman–Crippen MR) is 91.9 cm³/mol. The van der Waals surface area contributed by atoms with Crippen molar-refractivity contribution in [3.63, 3.8) is 0 Å². The summed E-state index contributed by atoms with van der Waals surface area (Å²) in [4.78, 5) is 19.3. The number of aromatic nitrogens is 1. The molecule has 23 heavy (non-hydrogen) atoms. The summed E-state index contributed by atoms with van der Waals surface area (Å²) < 4.78 is 6.89. The number of fused-ring (bicyclic) bond motifs is 1. The SMILES string of the molecule is Cc1csc(SCC(=O)N[C@@H]2[C@@H]3CCO[C@@H]3[C@H]2N2CCCC2)n1. The number of thioether (sulfide) groups is 1. The van der Waals surface area contributed by atoms with Crippen LogP contribution in [-0.2, 0) is 9.53 Å². The minimum atomic E-state index is 0.127. The Morgan fingerprint density at radius 1 is 1.52 bits per heavy atom. The van der Waals surface area contributed by atoms with E-state index in [-0.39, 0.29) is 11.9 Å². The molecule has 2 aliphatic heterocycles. The molecule has 1 aliphatic carbocycles. The fraction of sp³-hybridized carbons (Fsp3) is 0.750. The van der Waals surface area contributed by atoms with Gasteiger partial charge in [-0.15, -0.1) is 11.3 Å². The van der Waals surface area contributed by atoms with Crippen molar-refractivity contribution in [2.75, 3.05) is 25.4 Å². The summed E-state index contributed by atoms with van der Waals surface area (Å²) in [5, 5.41) is 5.31. The van der Waals surface area contributed by atoms with Gasteiger partial charge < -0.3 is 10.1 Å². The molecular formula is C16H23N3O2S2. The Labute approximate surface area is 145 Å². The Hall–Kier alpha value is -0.630. The summed E-state index contributed by atoms with van der Waals surface area (Å²) in [7, 11) is 0. The van der Waals surface area contributed by atoms with E-state index in [0.29, 0.717) is 23.8 Å². The second kappa shape index (κ2) is 6.70. The molecule has 0 aromatic carbocycles. The number of ether oxygens (including phenoxy) is 1. The number of hydrogen-bond acceptors (Lipinski definition) is 6. The maximum absolute atomic E-state index is 12.4. The first-order valence-corrected chi connectivity index (χ1v) is 10.3. The van der Waals surface area contributed by atoms with E-state index in [2.05, 4.69) is 15.2 Å². The van der Waals surface area contributed by atoms with Gasteiger partial charge in [0.2, 0.25) is 5.91 Å². The maximum Gasteiger partial charge on any atom is 0.230 e. The molecule has 4 atom stereocenters. The number of thiazole rings is 1. The van der Waals surface area contributed by atoms with Gasteiger partial charge >= 0.3 is 0 Å². The van der Waals surface area contributed by atoms with E-state index in [9.17, 15) is 4.79 Å². The van der Waals surface area contributed by atoms with Gasteiger partial charge in [-0.25, -0.2) is 4.98 Å². The van der Waals surface area contributed by atoms with E-state index in [4.69, 9.17) is 4.74 Å². The van der Waals surface area contributed by atoms with E-state index in [1.807, 2.05) is 12.3 Å². The number of nitrogens with zero attached hydrogens (tertiary/aromatic N) is 2. The molecule has 5 nitrogen and oxygen atoms in total. The van der Waals surface area contributed by atoms with Crippen molar-refractivity contribution >= 4 is 29.0 Å². The molecule has 0 spiro atoms. The largest absolute Gasteiger partial charge is 0.376 e. The normalized spacial score (nSPS) is 33.4. The third-order valence-electron chi connectivity index (χ3n) is 5.16. The third-order valence-corrected chi connectivity index (χ3v) is 7.30. The molecule has 1 N–H and O–H groups in total. The van der Waals surface area contributed by atoms with Gasteiger partial charge in [0.05, 0.1) is 23.9 Å². The van der Waals surface area contributed by atoms with Crippen molar-refractivity contribution in [2.45, 2.75) is 48.7 Å². The molecule has 0 radical (unpaired) electrons. The lowest BCUT2D eigenvalue weighted by Gasteiger charge is -2.51. The minimum Gasteiger partial charge on any atom is -0.376 e. The zero-order valence-electron chi connectivity index (χ0n) is 13.4. The van der Waals surface area contributed by atoms with Crippen LogP contribution in [0.4, 0.5) is 0 Å². The fourth-order valence-electron chi connectivity index (χ4n) is 4.10. The maximum atomic E-state index is 12.4. The van der Waals surface area contributed by atoms with Gasteiger partial charge in [-0.05, 0) is 39.3 Å². The molecule has 0 unspecified atom stereocenters. The van der Waals surface area contributed by atoms with Crippen molar-refractivity contribution in [2.24, 2.45) is 5.92 Å². The first-order valence-electron chi connectivity index (χ1n) is 8.42. The number of rotatable bonds is 5. The molecule has 126 valence electrons. The van der Waals surface area contributed by atoms with E-state index in [1.54, 1.807) is 11.3 Å². The first kappa shape index (κ1) is 15.9. The summed E-state index contributed by atoms with van der Waals surface area (Å²) in [6.07, 6.45) is 3.97. The zero-order valence-corrected chi connectivity index (χ0v) is 15.0. The average molecular weight is 354 g/mol. The lowest BCUT2D eigenvalue weighted by Crippen LogP contribution is -2.70. The van der Waals surface area contributed by atoms with Crippen LogP contribution >= 0.6 is 23.1 Å². The molecule has 3 heterocycles. The summed E-state index contributed by atoms with van der Waals surface area (Å²) in [5.74, 6) is 1.09. The Bertz CT molecular complexity index is 569. The Balaban J connectivity index is 1.33. The van der Waals surface area contributed by atoms with Crippen LogP contribution < -0.4 is 5.32 Å². The van der Waals surface area contributed by atoms with Crippen molar-refractivity contribution in [1.29, 1.82) is 0 Å². The molecule has 3 fully saturated rings. The van der Waals surface area contributed by atoms with Crippen LogP contribution in [0.1, 0.15) is 25.0 Å². The number of aryl methyl sites for hydroxylation is 1. The summed E-state index contributed by atoms with van der Waals surface area (Å²) >= 11 is 3.15. The van der Waals surface area contributed by atoms with Gasteiger partial charge in [0.1, 0.15) is 0 Å². The van der Waals surface area contributed by atoms with Gasteiger partial charge in [0.25, 0.3) is 0 Å². The highest BCUT2D eigenvalue weighted by atomic mass is 32.2. The number of hydrogen-bond donors (Lipinski definition) is 1. The monoisotopic (exact) mass is 353 g/mol. The molecule has 1 amide bonds. The molecule has 0 bridgehead atoms. The van der Waals surface area contributed by atoms with Crippen LogP contribution in [0.2, 0.25) is 0 Å². The number of amides is 1. The Morgan fingerprint density at radius 3 is 3.09 bits per heavy atom. The summed E-state index contributed by atoms with van der Waals surface area (Å²) in [6.45, 7) is 5.13. The van der Waals surface area contributed by atoms with Crippen LogP contribution in [0, 0.1) is 12.8 Å². The molecule has 1 saturated carbocycles. The number of carbonyl (C=O) groups is 1. The van der Waals surface area contributed by atoms with E-state index >= 15 is 0 Å². The fourth-order valence-corrected chi connectivity index (χ4v) is 5.76. The summed E-state index contributed by atoms with van der Waals surface area (Å²) in [5.41, 5.74) is 1.02. The topological polar surface area (TPSA) is 54.5 Å². The molecule has 1 aromatic rings. The van der Waals surface area contributed by atoms with Crippen molar-refractivity contribution in [3.8, 4) is 0 Å². The third kappa shape index (κ3) is 3.16. The smallest absolute Gasteiger partial charge is 0.230 e. The highest BCUT2D eigenvalue weighted by Crippen LogP contribution is 2.42. The predicted octanol–water partition coefficient (Wildman–Crippen LogP) is 1.91. The highest BCUT2D eigenvalue weighted by Gasteiger charge is 2.56. The van der Waals surface area contributed by atoms with Crippen molar-refractivity contribution < 1.29 is 9.53 Å². The average Bonchev–Trinajstić information content (AvgIpc) is 3.25. The van der Waals surface area contributed by atoms with E-state index < -0.39 is 0 Å². The molecule has 2 saturated heterocycles. The van der Waals surface area contributed by atoms with Crippen LogP contribution in [0.15, 0.2) is 9.72 Å². The van der Waals surface area contributed by atoms with Crippen LogP contribution in [-0.4, -0.2) is 59.4 Å². The Kier molecular flexibility index (Phi) is 4.63. The molecule has 1 aromatic heterocycles. The molecule has 7 heteroatoms. The van der Waals surface area contributed by atoms with Crippen LogP contribution in [0.3, 0.4) is 0 Å². The van der Waals surface area contributed by atoms with E-state index in [0.717, 1.165) is 36.2 Å². The number of likely N-dealkylation sites (tertiary alicyclic amines) is 1. The van der Waals surface area contributed by atoms with Gasteiger partial charge in [0.15, 0.2) is 4.34 Å². The zero-order chi connectivity index (χ0) is 15.8. The van der Waals surface area contributed by atoms with Gasteiger partial charge in [-0.3, -0.25) is 9.69 Å². The number of carbonyl (C=O) groups excluding carboxylic acids is 1. The molecule has 3 aliphatic rings. The lowest BCUT2D eigenvalue weighted by molar-refractivity contribution is -0.126. The van der Waals surface area contributed by atoms with Crippen molar-refractivity contribution in [1.82, 2.24) is 15.2 Å². The second-order valence-corrected chi connectivity index (χ2v) is 8.74.